The van der Waals surface area contributed by atoms with Gasteiger partial charge in [0.2, 0.25) is 5.91 Å². The third kappa shape index (κ3) is 3.66. The molecule has 0 saturated heterocycles. The summed E-state index contributed by atoms with van der Waals surface area (Å²) in [6.45, 7) is 2.81. The van der Waals surface area contributed by atoms with E-state index in [1.165, 1.54) is 18.4 Å². The normalized spacial score (nSPS) is 14.8. The van der Waals surface area contributed by atoms with Crippen molar-refractivity contribution in [2.24, 2.45) is 0 Å². The number of amides is 1. The van der Waals surface area contributed by atoms with Gasteiger partial charge in [0.15, 0.2) is 0 Å². The lowest BCUT2D eigenvalue weighted by Gasteiger charge is -2.06. The van der Waals surface area contributed by atoms with Gasteiger partial charge < -0.3 is 10.6 Å². The Morgan fingerprint density at radius 2 is 2.00 bits per heavy atom. The summed E-state index contributed by atoms with van der Waals surface area (Å²) >= 11 is 0. The molecule has 1 saturated carbocycles. The van der Waals surface area contributed by atoms with E-state index >= 15 is 0 Å². The minimum absolute atomic E-state index is 0.0806. The smallest absolute Gasteiger partial charge is 0.225 e. The quantitative estimate of drug-likeness (QED) is 0.794. The van der Waals surface area contributed by atoms with Crippen molar-refractivity contribution in [1.82, 2.24) is 5.32 Å². The molecule has 0 aromatic heterocycles. The van der Waals surface area contributed by atoms with Crippen LogP contribution in [-0.4, -0.2) is 18.5 Å². The molecule has 0 radical (unpaired) electrons. The molecule has 1 amide bonds. The fourth-order valence-corrected chi connectivity index (χ4v) is 1.54. The number of rotatable bonds is 5. The van der Waals surface area contributed by atoms with Crippen molar-refractivity contribution in [2.45, 2.75) is 32.2 Å². The molecule has 3 nitrogen and oxygen atoms in total. The van der Waals surface area contributed by atoms with Gasteiger partial charge in [0, 0.05) is 24.7 Å². The molecule has 3 heteroatoms. The van der Waals surface area contributed by atoms with E-state index in [2.05, 4.69) is 10.6 Å². The van der Waals surface area contributed by atoms with Crippen LogP contribution < -0.4 is 10.6 Å². The van der Waals surface area contributed by atoms with Gasteiger partial charge in [0.1, 0.15) is 0 Å². The molecule has 1 aliphatic rings. The predicted molar refractivity (Wildman–Crippen MR) is 65.5 cm³/mol. The number of hydrogen-bond donors (Lipinski definition) is 2. The summed E-state index contributed by atoms with van der Waals surface area (Å²) in [6.07, 6.45) is 3.07. The van der Waals surface area contributed by atoms with Crippen LogP contribution in [0.2, 0.25) is 0 Å². The number of carbonyl (C=O) groups is 1. The number of benzene rings is 1. The van der Waals surface area contributed by atoms with Crippen molar-refractivity contribution < 1.29 is 4.79 Å². The highest BCUT2D eigenvalue weighted by atomic mass is 16.1. The van der Waals surface area contributed by atoms with Crippen molar-refractivity contribution in [3.63, 3.8) is 0 Å². The topological polar surface area (TPSA) is 41.1 Å². The van der Waals surface area contributed by atoms with Crippen molar-refractivity contribution in [3.8, 4) is 0 Å². The Kier molecular flexibility index (Phi) is 3.57. The van der Waals surface area contributed by atoms with E-state index in [-0.39, 0.29) is 5.91 Å². The Morgan fingerprint density at radius 3 is 2.62 bits per heavy atom. The lowest BCUT2D eigenvalue weighted by Crippen LogP contribution is -2.23. The summed E-state index contributed by atoms with van der Waals surface area (Å²) < 4.78 is 0. The zero-order chi connectivity index (χ0) is 11.4. The minimum Gasteiger partial charge on any atom is -0.326 e. The molecule has 0 spiro atoms. The van der Waals surface area contributed by atoms with Gasteiger partial charge in [-0.3, -0.25) is 4.79 Å². The molecular formula is C13H18N2O. The molecular weight excluding hydrogens is 200 g/mol. The van der Waals surface area contributed by atoms with Crippen molar-refractivity contribution >= 4 is 11.6 Å². The van der Waals surface area contributed by atoms with Crippen LogP contribution in [0.5, 0.6) is 0 Å². The van der Waals surface area contributed by atoms with Gasteiger partial charge in [-0.25, -0.2) is 0 Å². The van der Waals surface area contributed by atoms with E-state index in [1.54, 1.807) is 0 Å². The van der Waals surface area contributed by atoms with Gasteiger partial charge >= 0.3 is 0 Å². The molecule has 1 aliphatic carbocycles. The Bertz CT molecular complexity index is 355. The van der Waals surface area contributed by atoms with Crippen LogP contribution in [0.25, 0.3) is 0 Å². The maximum atomic E-state index is 11.5. The third-order valence-corrected chi connectivity index (χ3v) is 2.70. The van der Waals surface area contributed by atoms with Crippen LogP contribution in [0.4, 0.5) is 5.69 Å². The molecule has 2 N–H and O–H groups in total. The second-order valence-corrected chi connectivity index (χ2v) is 4.39. The summed E-state index contributed by atoms with van der Waals surface area (Å²) in [7, 11) is 0. The van der Waals surface area contributed by atoms with E-state index in [9.17, 15) is 4.79 Å². The maximum absolute atomic E-state index is 11.5. The average Bonchev–Trinajstić information content (AvgIpc) is 3.05. The van der Waals surface area contributed by atoms with Gasteiger partial charge in [-0.1, -0.05) is 17.7 Å². The van der Waals surface area contributed by atoms with Crippen LogP contribution in [0.1, 0.15) is 24.8 Å². The largest absolute Gasteiger partial charge is 0.326 e. The van der Waals surface area contributed by atoms with E-state index in [0.717, 1.165) is 12.2 Å². The molecule has 1 fully saturated rings. The van der Waals surface area contributed by atoms with Crippen molar-refractivity contribution in [2.75, 3.05) is 11.9 Å². The Morgan fingerprint density at radius 1 is 1.31 bits per heavy atom. The molecule has 1 aromatic carbocycles. The fraction of sp³-hybridized carbons (Fsp3) is 0.462. The first kappa shape index (κ1) is 11.1. The second-order valence-electron chi connectivity index (χ2n) is 4.39. The fourth-order valence-electron chi connectivity index (χ4n) is 1.54. The molecule has 0 bridgehead atoms. The number of carbonyl (C=O) groups excluding carboxylic acids is 1. The first-order valence-corrected chi connectivity index (χ1v) is 5.84. The standard InChI is InChI=1S/C13H18N2O/c1-10-2-4-12(5-3-10)15-13(16)8-9-14-11-6-7-11/h2-5,11,14H,6-9H2,1H3,(H,15,16). The van der Waals surface area contributed by atoms with E-state index in [4.69, 9.17) is 0 Å². The molecule has 16 heavy (non-hydrogen) atoms. The summed E-state index contributed by atoms with van der Waals surface area (Å²) in [5.41, 5.74) is 2.08. The number of aryl methyl sites for hydroxylation is 1. The first-order chi connectivity index (χ1) is 7.74. The summed E-state index contributed by atoms with van der Waals surface area (Å²) in [5.74, 6) is 0.0806. The number of nitrogens with one attached hydrogen (secondary N) is 2. The minimum atomic E-state index is 0.0806. The van der Waals surface area contributed by atoms with E-state index in [1.807, 2.05) is 31.2 Å². The van der Waals surface area contributed by atoms with Gasteiger partial charge in [0.05, 0.1) is 0 Å². The van der Waals surface area contributed by atoms with Gasteiger partial charge in [-0.15, -0.1) is 0 Å². The van der Waals surface area contributed by atoms with Crippen LogP contribution in [-0.2, 0) is 4.79 Å². The van der Waals surface area contributed by atoms with Gasteiger partial charge in [-0.2, -0.15) is 0 Å². The van der Waals surface area contributed by atoms with E-state index < -0.39 is 0 Å². The van der Waals surface area contributed by atoms with Crippen LogP contribution in [0.15, 0.2) is 24.3 Å². The van der Waals surface area contributed by atoms with E-state index in [0.29, 0.717) is 12.5 Å². The number of anilines is 1. The Labute approximate surface area is 96.2 Å². The van der Waals surface area contributed by atoms with Crippen LogP contribution in [0, 0.1) is 6.92 Å². The molecule has 0 aliphatic heterocycles. The Hall–Kier alpha value is -1.35. The van der Waals surface area contributed by atoms with Crippen molar-refractivity contribution in [3.05, 3.63) is 29.8 Å². The molecule has 2 rings (SSSR count). The highest BCUT2D eigenvalue weighted by molar-refractivity contribution is 5.90. The van der Waals surface area contributed by atoms with Gasteiger partial charge in [-0.05, 0) is 31.9 Å². The highest BCUT2D eigenvalue weighted by Crippen LogP contribution is 2.18. The zero-order valence-electron chi connectivity index (χ0n) is 9.62. The zero-order valence-corrected chi connectivity index (χ0v) is 9.62. The molecule has 0 unspecified atom stereocenters. The molecule has 86 valence electrons. The lowest BCUT2D eigenvalue weighted by atomic mass is 10.2. The van der Waals surface area contributed by atoms with Crippen molar-refractivity contribution in [1.29, 1.82) is 0 Å². The summed E-state index contributed by atoms with van der Waals surface area (Å²) in [4.78, 5) is 11.5. The van der Waals surface area contributed by atoms with Crippen LogP contribution >= 0.6 is 0 Å². The summed E-state index contributed by atoms with van der Waals surface area (Å²) in [5, 5.41) is 6.21. The third-order valence-electron chi connectivity index (χ3n) is 2.70. The summed E-state index contributed by atoms with van der Waals surface area (Å²) in [6, 6.07) is 8.53. The molecule has 0 heterocycles. The monoisotopic (exact) mass is 218 g/mol. The van der Waals surface area contributed by atoms with Gasteiger partial charge in [0.25, 0.3) is 0 Å². The first-order valence-electron chi connectivity index (χ1n) is 5.84. The van der Waals surface area contributed by atoms with Crippen LogP contribution in [0.3, 0.4) is 0 Å². The second kappa shape index (κ2) is 5.12. The lowest BCUT2D eigenvalue weighted by molar-refractivity contribution is -0.116. The number of hydrogen-bond acceptors (Lipinski definition) is 2. The molecule has 0 atom stereocenters. The molecule has 1 aromatic rings. The maximum Gasteiger partial charge on any atom is 0.225 e. The predicted octanol–water partition coefficient (Wildman–Crippen LogP) is 2.08. The average molecular weight is 218 g/mol. The highest BCUT2D eigenvalue weighted by Gasteiger charge is 2.19. The Balaban J connectivity index is 1.70. The SMILES string of the molecule is Cc1ccc(NC(=O)CCNC2CC2)cc1.